The Hall–Kier alpha value is -6.90. The van der Waals surface area contributed by atoms with E-state index in [0.29, 0.717) is 0 Å². The van der Waals surface area contributed by atoms with E-state index in [9.17, 15) is 0 Å². The molecule has 10 rings (SSSR count). The summed E-state index contributed by atoms with van der Waals surface area (Å²) in [6.07, 6.45) is 0. The van der Waals surface area contributed by atoms with Crippen LogP contribution in [0, 0.1) is 0 Å². The Kier molecular flexibility index (Phi) is 7.18. The van der Waals surface area contributed by atoms with Crippen LogP contribution in [0.2, 0.25) is 0 Å². The Balaban J connectivity index is 1.28. The minimum atomic E-state index is 1.10. The highest BCUT2D eigenvalue weighted by Crippen LogP contribution is 2.48. The summed E-state index contributed by atoms with van der Waals surface area (Å²) >= 11 is 0. The molecule has 0 fully saturated rings. The van der Waals surface area contributed by atoms with Crippen LogP contribution in [0.3, 0.4) is 0 Å². The lowest BCUT2D eigenvalue weighted by molar-refractivity contribution is 1.18. The first kappa shape index (κ1) is 30.0. The third kappa shape index (κ3) is 4.96. The summed E-state index contributed by atoms with van der Waals surface area (Å²) in [7, 11) is 0. The van der Waals surface area contributed by atoms with E-state index >= 15 is 0 Å². The van der Waals surface area contributed by atoms with E-state index in [4.69, 9.17) is 0 Å². The first-order valence-electron chi connectivity index (χ1n) is 17.9. The molecule has 1 heterocycles. The number of hydrogen-bond acceptors (Lipinski definition) is 1. The molecule has 244 valence electrons. The predicted octanol–water partition coefficient (Wildman–Crippen LogP) is 13.9. The summed E-state index contributed by atoms with van der Waals surface area (Å²) < 4.78 is 2.42. The standard InChI is InChI=1S/C50H34N2/c1-3-15-35(16-4-1)38-20-13-23-42(33-38)51(41-31-29-37(30-32-41)44-27-14-19-36-17-7-9-24-43(36)44)50-45-25-10-8-18-39(45)34-48-49(50)46-26-11-12-28-47(46)52(48)40-21-5-2-6-22-40/h1-34H. The number of aromatic nitrogens is 1. The van der Waals surface area contributed by atoms with Gasteiger partial charge in [0.25, 0.3) is 0 Å². The molecule has 0 amide bonds. The molecule has 0 saturated heterocycles. The van der Waals surface area contributed by atoms with Crippen LogP contribution >= 0.6 is 0 Å². The fraction of sp³-hybridized carbons (Fsp3) is 0. The summed E-state index contributed by atoms with van der Waals surface area (Å²) in [5.74, 6) is 0. The zero-order valence-electron chi connectivity index (χ0n) is 28.5. The van der Waals surface area contributed by atoms with Gasteiger partial charge < -0.3 is 9.47 Å². The lowest BCUT2D eigenvalue weighted by atomic mass is 9.97. The molecule has 0 aliphatic carbocycles. The largest absolute Gasteiger partial charge is 0.309 e. The van der Waals surface area contributed by atoms with Gasteiger partial charge >= 0.3 is 0 Å². The number of hydrogen-bond donors (Lipinski definition) is 0. The van der Waals surface area contributed by atoms with Gasteiger partial charge in [-0.1, -0.05) is 158 Å². The van der Waals surface area contributed by atoms with Crippen LogP contribution < -0.4 is 4.90 Å². The van der Waals surface area contributed by atoms with E-state index < -0.39 is 0 Å². The van der Waals surface area contributed by atoms with E-state index in [2.05, 4.69) is 216 Å². The van der Waals surface area contributed by atoms with Crippen LogP contribution in [0.4, 0.5) is 17.1 Å². The summed E-state index contributed by atoms with van der Waals surface area (Å²) in [5.41, 5.74) is 11.7. The van der Waals surface area contributed by atoms with Gasteiger partial charge in [0.2, 0.25) is 0 Å². The van der Waals surface area contributed by atoms with Gasteiger partial charge in [-0.3, -0.25) is 0 Å². The predicted molar refractivity (Wildman–Crippen MR) is 221 cm³/mol. The molecule has 0 bridgehead atoms. The van der Waals surface area contributed by atoms with E-state index in [1.807, 2.05) is 0 Å². The van der Waals surface area contributed by atoms with Crippen LogP contribution in [0.1, 0.15) is 0 Å². The molecule has 10 aromatic rings. The molecule has 0 unspecified atom stereocenters. The first-order chi connectivity index (χ1) is 25.8. The maximum absolute atomic E-state index is 2.48. The minimum Gasteiger partial charge on any atom is -0.309 e. The maximum Gasteiger partial charge on any atom is 0.0640 e. The van der Waals surface area contributed by atoms with Gasteiger partial charge in [0.05, 0.1) is 16.7 Å². The Bertz CT molecular complexity index is 2880. The molecule has 0 aliphatic rings. The van der Waals surface area contributed by atoms with E-state index in [1.165, 1.54) is 71.3 Å². The van der Waals surface area contributed by atoms with Crippen molar-refractivity contribution in [1.82, 2.24) is 4.57 Å². The highest BCUT2D eigenvalue weighted by Gasteiger charge is 2.24. The van der Waals surface area contributed by atoms with Crippen LogP contribution in [-0.2, 0) is 0 Å². The molecule has 52 heavy (non-hydrogen) atoms. The minimum absolute atomic E-state index is 1.10. The molecular weight excluding hydrogens is 629 g/mol. The quantitative estimate of drug-likeness (QED) is 0.172. The highest BCUT2D eigenvalue weighted by molar-refractivity contribution is 6.24. The van der Waals surface area contributed by atoms with Crippen molar-refractivity contribution in [2.75, 3.05) is 4.90 Å². The third-order valence-electron chi connectivity index (χ3n) is 10.3. The molecule has 0 aliphatic heterocycles. The number of benzene rings is 9. The fourth-order valence-corrected chi connectivity index (χ4v) is 7.98. The summed E-state index contributed by atoms with van der Waals surface area (Å²) in [5, 5.41) is 7.35. The molecule has 0 saturated carbocycles. The Morgan fingerprint density at radius 2 is 0.962 bits per heavy atom. The molecule has 2 nitrogen and oxygen atoms in total. The van der Waals surface area contributed by atoms with Gasteiger partial charge in [0.1, 0.15) is 0 Å². The second-order valence-electron chi connectivity index (χ2n) is 13.4. The van der Waals surface area contributed by atoms with Crippen molar-refractivity contribution in [3.8, 4) is 27.9 Å². The monoisotopic (exact) mass is 662 g/mol. The topological polar surface area (TPSA) is 8.17 Å². The molecular formula is C50H34N2. The SMILES string of the molecule is c1ccc(-c2cccc(N(c3ccc(-c4cccc5ccccc45)cc3)c3c4ccccc4cc4c3c3ccccc3n4-c3ccccc3)c2)cc1. The highest BCUT2D eigenvalue weighted by atomic mass is 15.1. The lowest BCUT2D eigenvalue weighted by Crippen LogP contribution is -2.11. The van der Waals surface area contributed by atoms with Gasteiger partial charge in [-0.15, -0.1) is 0 Å². The lowest BCUT2D eigenvalue weighted by Gasteiger charge is -2.29. The number of fused-ring (bicyclic) bond motifs is 5. The molecule has 0 N–H and O–H groups in total. The Labute approximate surface area is 303 Å². The van der Waals surface area contributed by atoms with Crippen molar-refractivity contribution < 1.29 is 0 Å². The van der Waals surface area contributed by atoms with Gasteiger partial charge in [-0.25, -0.2) is 0 Å². The van der Waals surface area contributed by atoms with Crippen molar-refractivity contribution in [3.63, 3.8) is 0 Å². The van der Waals surface area contributed by atoms with E-state index in [0.717, 1.165) is 17.1 Å². The Morgan fingerprint density at radius 3 is 1.77 bits per heavy atom. The molecule has 1 aromatic heterocycles. The normalized spacial score (nSPS) is 11.5. The fourth-order valence-electron chi connectivity index (χ4n) is 7.98. The van der Waals surface area contributed by atoms with Gasteiger partial charge in [0, 0.05) is 33.2 Å². The second-order valence-corrected chi connectivity index (χ2v) is 13.4. The van der Waals surface area contributed by atoms with E-state index in [1.54, 1.807) is 0 Å². The van der Waals surface area contributed by atoms with Crippen molar-refractivity contribution in [2.24, 2.45) is 0 Å². The van der Waals surface area contributed by atoms with Crippen LogP contribution in [0.5, 0.6) is 0 Å². The van der Waals surface area contributed by atoms with Crippen LogP contribution in [0.15, 0.2) is 206 Å². The number of nitrogens with zero attached hydrogens (tertiary/aromatic N) is 2. The molecule has 0 radical (unpaired) electrons. The molecule has 0 spiro atoms. The summed E-state index contributed by atoms with van der Waals surface area (Å²) in [4.78, 5) is 2.48. The maximum atomic E-state index is 2.48. The molecule has 0 atom stereocenters. The number of rotatable bonds is 6. The molecule has 9 aromatic carbocycles. The Morgan fingerprint density at radius 1 is 0.346 bits per heavy atom. The smallest absolute Gasteiger partial charge is 0.0640 e. The van der Waals surface area contributed by atoms with Crippen molar-refractivity contribution in [2.45, 2.75) is 0 Å². The van der Waals surface area contributed by atoms with Crippen molar-refractivity contribution >= 4 is 60.4 Å². The summed E-state index contributed by atoms with van der Waals surface area (Å²) in [6.45, 7) is 0. The zero-order valence-corrected chi connectivity index (χ0v) is 28.5. The first-order valence-corrected chi connectivity index (χ1v) is 17.9. The second kappa shape index (κ2) is 12.5. The number of para-hydroxylation sites is 2. The van der Waals surface area contributed by atoms with E-state index in [-0.39, 0.29) is 0 Å². The zero-order chi connectivity index (χ0) is 34.4. The number of anilines is 3. The van der Waals surface area contributed by atoms with Crippen molar-refractivity contribution in [1.29, 1.82) is 0 Å². The van der Waals surface area contributed by atoms with Gasteiger partial charge in [0.15, 0.2) is 0 Å². The van der Waals surface area contributed by atoms with Crippen LogP contribution in [-0.4, -0.2) is 4.57 Å². The van der Waals surface area contributed by atoms with Gasteiger partial charge in [-0.2, -0.15) is 0 Å². The third-order valence-corrected chi connectivity index (χ3v) is 10.3. The van der Waals surface area contributed by atoms with Crippen LogP contribution in [0.25, 0.3) is 71.3 Å². The average molecular weight is 663 g/mol. The summed E-state index contributed by atoms with van der Waals surface area (Å²) in [6, 6.07) is 74.7. The molecule has 2 heteroatoms. The van der Waals surface area contributed by atoms with Gasteiger partial charge in [-0.05, 0) is 86.9 Å². The average Bonchev–Trinajstić information content (AvgIpc) is 3.55. The van der Waals surface area contributed by atoms with Crippen molar-refractivity contribution in [3.05, 3.63) is 206 Å².